The van der Waals surface area contributed by atoms with Crippen LogP contribution in [0, 0.1) is 0 Å². The molecule has 0 aliphatic rings. The standard InChI is InChI=1S/C13H21ClN2O/c1-15-8-5-9-16(2)10-11-12(14)6-4-7-13(11)17-3/h4,6-7,15H,5,8-10H2,1-3H3. The van der Waals surface area contributed by atoms with Crippen molar-refractivity contribution in [2.24, 2.45) is 0 Å². The lowest BCUT2D eigenvalue weighted by molar-refractivity contribution is 0.312. The van der Waals surface area contributed by atoms with E-state index in [1.165, 1.54) is 0 Å². The number of halogens is 1. The van der Waals surface area contributed by atoms with E-state index in [0.29, 0.717) is 0 Å². The minimum atomic E-state index is 0.768. The molecule has 1 aromatic carbocycles. The maximum Gasteiger partial charge on any atom is 0.124 e. The fourth-order valence-corrected chi connectivity index (χ4v) is 1.98. The molecule has 3 nitrogen and oxygen atoms in total. The van der Waals surface area contributed by atoms with Crippen molar-refractivity contribution in [2.45, 2.75) is 13.0 Å². The van der Waals surface area contributed by atoms with Crippen molar-refractivity contribution in [1.82, 2.24) is 10.2 Å². The van der Waals surface area contributed by atoms with Crippen molar-refractivity contribution >= 4 is 11.6 Å². The first kappa shape index (κ1) is 14.3. The van der Waals surface area contributed by atoms with E-state index in [9.17, 15) is 0 Å². The van der Waals surface area contributed by atoms with Crippen LogP contribution in [0.2, 0.25) is 5.02 Å². The zero-order valence-corrected chi connectivity index (χ0v) is 11.5. The molecule has 0 bridgehead atoms. The molecule has 96 valence electrons. The molecule has 0 unspecified atom stereocenters. The number of hydrogen-bond donors (Lipinski definition) is 1. The van der Waals surface area contributed by atoms with Gasteiger partial charge in [-0.15, -0.1) is 0 Å². The molecule has 0 atom stereocenters. The first-order chi connectivity index (χ1) is 8.19. The van der Waals surface area contributed by atoms with Crippen LogP contribution < -0.4 is 10.1 Å². The molecule has 0 spiro atoms. The number of benzene rings is 1. The van der Waals surface area contributed by atoms with Crippen LogP contribution in [0.3, 0.4) is 0 Å². The van der Waals surface area contributed by atoms with Crippen LogP contribution in [0.1, 0.15) is 12.0 Å². The van der Waals surface area contributed by atoms with E-state index in [2.05, 4.69) is 17.3 Å². The van der Waals surface area contributed by atoms with Crippen LogP contribution in [0.4, 0.5) is 0 Å². The minimum Gasteiger partial charge on any atom is -0.496 e. The Morgan fingerprint density at radius 1 is 1.41 bits per heavy atom. The summed E-state index contributed by atoms with van der Waals surface area (Å²) < 4.78 is 5.33. The number of ether oxygens (including phenoxy) is 1. The second kappa shape index (κ2) is 7.54. The molecule has 0 radical (unpaired) electrons. The average Bonchev–Trinajstić information content (AvgIpc) is 2.32. The third kappa shape index (κ3) is 4.54. The summed E-state index contributed by atoms with van der Waals surface area (Å²) in [6.07, 6.45) is 1.12. The zero-order valence-electron chi connectivity index (χ0n) is 10.8. The molecule has 0 saturated heterocycles. The predicted octanol–water partition coefficient (Wildman–Crippen LogP) is 2.39. The molecule has 17 heavy (non-hydrogen) atoms. The summed E-state index contributed by atoms with van der Waals surface area (Å²) in [5.41, 5.74) is 1.06. The molecule has 1 rings (SSSR count). The van der Waals surface area contributed by atoms with Gasteiger partial charge >= 0.3 is 0 Å². The molecular formula is C13H21ClN2O. The minimum absolute atomic E-state index is 0.768. The number of nitrogens with one attached hydrogen (secondary N) is 1. The Morgan fingerprint density at radius 2 is 2.18 bits per heavy atom. The molecule has 0 fully saturated rings. The highest BCUT2D eigenvalue weighted by atomic mass is 35.5. The van der Waals surface area contributed by atoms with Crippen LogP contribution >= 0.6 is 11.6 Å². The summed E-state index contributed by atoms with van der Waals surface area (Å²) in [4.78, 5) is 2.25. The fourth-order valence-electron chi connectivity index (χ4n) is 1.76. The summed E-state index contributed by atoms with van der Waals surface area (Å²) in [6.45, 7) is 2.88. The van der Waals surface area contributed by atoms with E-state index < -0.39 is 0 Å². The van der Waals surface area contributed by atoms with Crippen molar-refractivity contribution < 1.29 is 4.74 Å². The predicted molar refractivity (Wildman–Crippen MR) is 72.9 cm³/mol. The van der Waals surface area contributed by atoms with Crippen LogP contribution in [0.25, 0.3) is 0 Å². The molecule has 4 heteroatoms. The maximum absolute atomic E-state index is 6.19. The summed E-state index contributed by atoms with van der Waals surface area (Å²) in [7, 11) is 5.74. The summed E-state index contributed by atoms with van der Waals surface area (Å²) >= 11 is 6.19. The zero-order chi connectivity index (χ0) is 12.7. The molecule has 0 amide bonds. The van der Waals surface area contributed by atoms with Gasteiger partial charge in [-0.25, -0.2) is 0 Å². The maximum atomic E-state index is 6.19. The number of rotatable bonds is 7. The third-order valence-electron chi connectivity index (χ3n) is 2.69. The van der Waals surface area contributed by atoms with Gasteiger partial charge in [0.25, 0.3) is 0 Å². The van der Waals surface area contributed by atoms with Crippen molar-refractivity contribution in [1.29, 1.82) is 0 Å². The summed E-state index contributed by atoms with van der Waals surface area (Å²) in [5.74, 6) is 0.859. The molecule has 0 aliphatic heterocycles. The third-order valence-corrected chi connectivity index (χ3v) is 3.04. The highest BCUT2D eigenvalue weighted by molar-refractivity contribution is 6.31. The molecule has 1 aromatic rings. The highest BCUT2D eigenvalue weighted by Crippen LogP contribution is 2.27. The molecular weight excluding hydrogens is 236 g/mol. The number of hydrogen-bond acceptors (Lipinski definition) is 3. The van der Waals surface area contributed by atoms with Crippen molar-refractivity contribution in [3.05, 3.63) is 28.8 Å². The van der Waals surface area contributed by atoms with Gasteiger partial charge in [-0.2, -0.15) is 0 Å². The van der Waals surface area contributed by atoms with E-state index in [1.807, 2.05) is 25.2 Å². The lowest BCUT2D eigenvalue weighted by atomic mass is 10.2. The Hall–Kier alpha value is -0.770. The Labute approximate surface area is 109 Å². The van der Waals surface area contributed by atoms with E-state index in [0.717, 1.165) is 42.4 Å². The Morgan fingerprint density at radius 3 is 2.82 bits per heavy atom. The molecule has 1 N–H and O–H groups in total. The lowest BCUT2D eigenvalue weighted by Crippen LogP contribution is -2.22. The molecule has 0 heterocycles. The molecule has 0 aromatic heterocycles. The van der Waals surface area contributed by atoms with Gasteiger partial charge in [0.1, 0.15) is 5.75 Å². The van der Waals surface area contributed by atoms with Crippen molar-refractivity contribution in [2.75, 3.05) is 34.3 Å². The van der Waals surface area contributed by atoms with Gasteiger partial charge < -0.3 is 15.0 Å². The van der Waals surface area contributed by atoms with Crippen LogP contribution in [0.5, 0.6) is 5.75 Å². The Balaban J connectivity index is 2.60. The van der Waals surface area contributed by atoms with Gasteiger partial charge in [0.15, 0.2) is 0 Å². The topological polar surface area (TPSA) is 24.5 Å². The number of methoxy groups -OCH3 is 1. The lowest BCUT2D eigenvalue weighted by Gasteiger charge is -2.19. The average molecular weight is 257 g/mol. The second-order valence-corrected chi connectivity index (χ2v) is 4.52. The second-order valence-electron chi connectivity index (χ2n) is 4.12. The first-order valence-corrected chi connectivity index (χ1v) is 6.21. The Bertz CT molecular complexity index is 344. The Kier molecular flexibility index (Phi) is 6.34. The summed E-state index contributed by atoms with van der Waals surface area (Å²) in [5, 5.41) is 3.91. The van der Waals surface area contributed by atoms with Gasteiger partial charge in [-0.3, -0.25) is 0 Å². The SMILES string of the molecule is CNCCCN(C)Cc1c(Cl)cccc1OC. The summed E-state index contributed by atoms with van der Waals surface area (Å²) in [6, 6.07) is 5.76. The van der Waals surface area contributed by atoms with Gasteiger partial charge in [-0.1, -0.05) is 17.7 Å². The van der Waals surface area contributed by atoms with Crippen LogP contribution in [0.15, 0.2) is 18.2 Å². The van der Waals surface area contributed by atoms with E-state index in [4.69, 9.17) is 16.3 Å². The monoisotopic (exact) mass is 256 g/mol. The number of nitrogens with zero attached hydrogens (tertiary/aromatic N) is 1. The van der Waals surface area contributed by atoms with Gasteiger partial charge in [-0.05, 0) is 45.7 Å². The van der Waals surface area contributed by atoms with Crippen molar-refractivity contribution in [3.63, 3.8) is 0 Å². The van der Waals surface area contributed by atoms with Crippen molar-refractivity contribution in [3.8, 4) is 5.75 Å². The quantitative estimate of drug-likeness (QED) is 0.759. The van der Waals surface area contributed by atoms with Crippen LogP contribution in [-0.2, 0) is 6.54 Å². The molecule has 0 saturated carbocycles. The van der Waals surface area contributed by atoms with Gasteiger partial charge in [0.05, 0.1) is 7.11 Å². The largest absolute Gasteiger partial charge is 0.496 e. The van der Waals surface area contributed by atoms with E-state index >= 15 is 0 Å². The fraction of sp³-hybridized carbons (Fsp3) is 0.538. The van der Waals surface area contributed by atoms with Gasteiger partial charge in [0.2, 0.25) is 0 Å². The van der Waals surface area contributed by atoms with Crippen LogP contribution in [-0.4, -0.2) is 39.2 Å². The molecule has 0 aliphatic carbocycles. The van der Waals surface area contributed by atoms with E-state index in [-0.39, 0.29) is 0 Å². The van der Waals surface area contributed by atoms with Gasteiger partial charge in [0, 0.05) is 17.1 Å². The normalized spacial score (nSPS) is 10.9. The highest BCUT2D eigenvalue weighted by Gasteiger charge is 2.09. The van der Waals surface area contributed by atoms with E-state index in [1.54, 1.807) is 7.11 Å². The smallest absolute Gasteiger partial charge is 0.124 e. The first-order valence-electron chi connectivity index (χ1n) is 5.83.